The Kier molecular flexibility index (Phi) is 5.29. The molecule has 0 unspecified atom stereocenters. The standard InChI is InChI=1S/C21H22N2OS/c1-4-7-19-20(25-15(3)22-19)21(24)23-18-9-6-5-8-17(18)16-12-10-14(2)11-13-16/h5-6,8-13H,4,7H2,1-3H3,(H,23,24). The summed E-state index contributed by atoms with van der Waals surface area (Å²) in [5, 5.41) is 4.01. The molecule has 0 atom stereocenters. The Balaban J connectivity index is 1.91. The number of anilines is 1. The number of amides is 1. The Labute approximate surface area is 152 Å². The summed E-state index contributed by atoms with van der Waals surface area (Å²) in [7, 11) is 0. The Morgan fingerprint density at radius 2 is 1.80 bits per heavy atom. The molecule has 0 bridgehead atoms. The van der Waals surface area contributed by atoms with E-state index in [-0.39, 0.29) is 5.91 Å². The first kappa shape index (κ1) is 17.4. The van der Waals surface area contributed by atoms with E-state index in [4.69, 9.17) is 0 Å². The smallest absolute Gasteiger partial charge is 0.267 e. The molecule has 1 N–H and O–H groups in total. The van der Waals surface area contributed by atoms with E-state index < -0.39 is 0 Å². The summed E-state index contributed by atoms with van der Waals surface area (Å²) in [5.41, 5.74) is 5.06. The van der Waals surface area contributed by atoms with E-state index in [9.17, 15) is 4.79 Å². The average Bonchev–Trinajstić information content (AvgIpc) is 2.97. The van der Waals surface area contributed by atoms with Crippen molar-refractivity contribution in [2.75, 3.05) is 5.32 Å². The highest BCUT2D eigenvalue weighted by atomic mass is 32.1. The fraction of sp³-hybridized carbons (Fsp3) is 0.238. The second-order valence-corrected chi connectivity index (χ2v) is 7.33. The maximum Gasteiger partial charge on any atom is 0.267 e. The van der Waals surface area contributed by atoms with E-state index in [0.717, 1.165) is 45.2 Å². The lowest BCUT2D eigenvalue weighted by Crippen LogP contribution is -2.13. The van der Waals surface area contributed by atoms with Gasteiger partial charge in [0.1, 0.15) is 4.88 Å². The van der Waals surface area contributed by atoms with Gasteiger partial charge in [0.25, 0.3) is 5.91 Å². The normalized spacial score (nSPS) is 10.7. The first-order valence-corrected chi connectivity index (χ1v) is 9.34. The molecule has 0 spiro atoms. The van der Waals surface area contributed by atoms with E-state index in [2.05, 4.69) is 48.4 Å². The maximum atomic E-state index is 12.8. The number of aromatic nitrogens is 1. The Morgan fingerprint density at radius 1 is 1.08 bits per heavy atom. The predicted molar refractivity (Wildman–Crippen MR) is 105 cm³/mol. The van der Waals surface area contributed by atoms with Crippen LogP contribution in [0.15, 0.2) is 48.5 Å². The van der Waals surface area contributed by atoms with Crippen LogP contribution in [0.2, 0.25) is 0 Å². The van der Waals surface area contributed by atoms with Crippen LogP contribution in [-0.2, 0) is 6.42 Å². The number of hydrogen-bond acceptors (Lipinski definition) is 3. The van der Waals surface area contributed by atoms with Crippen LogP contribution in [0.1, 0.15) is 39.3 Å². The van der Waals surface area contributed by atoms with Crippen molar-refractivity contribution in [1.29, 1.82) is 0 Å². The minimum Gasteiger partial charge on any atom is -0.321 e. The molecule has 0 aliphatic carbocycles. The molecular formula is C21H22N2OS. The van der Waals surface area contributed by atoms with Gasteiger partial charge in [-0.05, 0) is 31.9 Å². The molecule has 1 heterocycles. The minimum absolute atomic E-state index is 0.0754. The molecule has 0 saturated heterocycles. The molecule has 0 saturated carbocycles. The molecule has 3 rings (SSSR count). The van der Waals surface area contributed by atoms with E-state index in [1.54, 1.807) is 0 Å². The molecular weight excluding hydrogens is 328 g/mol. The first-order valence-electron chi connectivity index (χ1n) is 8.52. The van der Waals surface area contributed by atoms with Crippen molar-refractivity contribution in [3.63, 3.8) is 0 Å². The van der Waals surface area contributed by atoms with Crippen molar-refractivity contribution in [2.24, 2.45) is 0 Å². The van der Waals surface area contributed by atoms with Crippen LogP contribution in [0.25, 0.3) is 11.1 Å². The van der Waals surface area contributed by atoms with Crippen molar-refractivity contribution in [3.8, 4) is 11.1 Å². The van der Waals surface area contributed by atoms with Crippen LogP contribution >= 0.6 is 11.3 Å². The van der Waals surface area contributed by atoms with Gasteiger partial charge >= 0.3 is 0 Å². The summed E-state index contributed by atoms with van der Waals surface area (Å²) in [6, 6.07) is 16.2. The summed E-state index contributed by atoms with van der Waals surface area (Å²) in [4.78, 5) is 18.1. The van der Waals surface area contributed by atoms with Crippen LogP contribution in [0.3, 0.4) is 0 Å². The zero-order chi connectivity index (χ0) is 17.8. The Morgan fingerprint density at radius 3 is 2.52 bits per heavy atom. The van der Waals surface area contributed by atoms with Crippen LogP contribution in [0.5, 0.6) is 0 Å². The third kappa shape index (κ3) is 3.97. The van der Waals surface area contributed by atoms with E-state index >= 15 is 0 Å². The van der Waals surface area contributed by atoms with Gasteiger partial charge in [0.2, 0.25) is 0 Å². The van der Waals surface area contributed by atoms with Crippen LogP contribution in [0, 0.1) is 13.8 Å². The molecule has 4 heteroatoms. The van der Waals surface area contributed by atoms with Crippen molar-refractivity contribution < 1.29 is 4.79 Å². The van der Waals surface area contributed by atoms with Crippen molar-refractivity contribution >= 4 is 22.9 Å². The summed E-state index contributed by atoms with van der Waals surface area (Å²) < 4.78 is 0. The number of thiazole rings is 1. The van der Waals surface area contributed by atoms with Crippen LogP contribution in [-0.4, -0.2) is 10.9 Å². The van der Waals surface area contributed by atoms with Gasteiger partial charge in [-0.3, -0.25) is 4.79 Å². The largest absolute Gasteiger partial charge is 0.321 e. The number of para-hydroxylation sites is 1. The molecule has 25 heavy (non-hydrogen) atoms. The fourth-order valence-electron chi connectivity index (χ4n) is 2.81. The van der Waals surface area contributed by atoms with Gasteiger partial charge in [-0.25, -0.2) is 4.98 Å². The zero-order valence-electron chi connectivity index (χ0n) is 14.8. The third-order valence-corrected chi connectivity index (χ3v) is 5.05. The SMILES string of the molecule is CCCc1nc(C)sc1C(=O)Nc1ccccc1-c1ccc(C)cc1. The van der Waals surface area contributed by atoms with Crippen LogP contribution < -0.4 is 5.32 Å². The molecule has 3 aromatic rings. The number of nitrogens with one attached hydrogen (secondary N) is 1. The molecule has 2 aromatic carbocycles. The van der Waals surface area contributed by atoms with Crippen molar-refractivity contribution in [3.05, 3.63) is 69.7 Å². The highest BCUT2D eigenvalue weighted by Crippen LogP contribution is 2.29. The molecule has 0 fully saturated rings. The minimum atomic E-state index is -0.0754. The number of carbonyl (C=O) groups is 1. The first-order chi connectivity index (χ1) is 12.1. The van der Waals surface area contributed by atoms with Crippen LogP contribution in [0.4, 0.5) is 5.69 Å². The van der Waals surface area contributed by atoms with E-state index in [1.165, 1.54) is 16.9 Å². The Hall–Kier alpha value is -2.46. The number of rotatable bonds is 5. The van der Waals surface area contributed by atoms with Gasteiger partial charge in [-0.1, -0.05) is 61.4 Å². The fourth-order valence-corrected chi connectivity index (χ4v) is 3.67. The summed E-state index contributed by atoms with van der Waals surface area (Å²) >= 11 is 1.46. The second-order valence-electron chi connectivity index (χ2n) is 6.12. The van der Waals surface area contributed by atoms with Gasteiger partial charge in [-0.2, -0.15) is 0 Å². The van der Waals surface area contributed by atoms with E-state index in [1.807, 2.05) is 31.2 Å². The Bertz CT molecular complexity index is 881. The highest BCUT2D eigenvalue weighted by Gasteiger charge is 2.17. The number of hydrogen-bond donors (Lipinski definition) is 1. The molecule has 0 radical (unpaired) electrons. The van der Waals surface area contributed by atoms with Gasteiger partial charge in [0.05, 0.1) is 10.7 Å². The lowest BCUT2D eigenvalue weighted by Gasteiger charge is -2.11. The zero-order valence-corrected chi connectivity index (χ0v) is 15.6. The monoisotopic (exact) mass is 350 g/mol. The molecule has 1 amide bonds. The number of nitrogens with zero attached hydrogens (tertiary/aromatic N) is 1. The highest BCUT2D eigenvalue weighted by molar-refractivity contribution is 7.13. The molecule has 128 valence electrons. The molecule has 1 aromatic heterocycles. The summed E-state index contributed by atoms with van der Waals surface area (Å²) in [5.74, 6) is -0.0754. The summed E-state index contributed by atoms with van der Waals surface area (Å²) in [6.07, 6.45) is 1.80. The molecule has 3 nitrogen and oxygen atoms in total. The van der Waals surface area contributed by atoms with Gasteiger partial charge in [0.15, 0.2) is 0 Å². The number of carbonyl (C=O) groups excluding carboxylic acids is 1. The summed E-state index contributed by atoms with van der Waals surface area (Å²) in [6.45, 7) is 6.11. The molecule has 0 aliphatic heterocycles. The molecule has 0 aliphatic rings. The van der Waals surface area contributed by atoms with E-state index in [0.29, 0.717) is 0 Å². The lowest BCUT2D eigenvalue weighted by atomic mass is 10.0. The number of aryl methyl sites for hydroxylation is 3. The average molecular weight is 350 g/mol. The maximum absolute atomic E-state index is 12.8. The van der Waals surface area contributed by atoms with Crippen molar-refractivity contribution in [1.82, 2.24) is 4.98 Å². The van der Waals surface area contributed by atoms with Gasteiger partial charge < -0.3 is 5.32 Å². The topological polar surface area (TPSA) is 42.0 Å². The quantitative estimate of drug-likeness (QED) is 0.648. The second kappa shape index (κ2) is 7.62. The van der Waals surface area contributed by atoms with Gasteiger partial charge in [-0.15, -0.1) is 11.3 Å². The lowest BCUT2D eigenvalue weighted by molar-refractivity contribution is 0.102. The third-order valence-electron chi connectivity index (χ3n) is 4.04. The van der Waals surface area contributed by atoms with Gasteiger partial charge in [0, 0.05) is 11.3 Å². The van der Waals surface area contributed by atoms with Crippen molar-refractivity contribution in [2.45, 2.75) is 33.6 Å². The predicted octanol–water partition coefficient (Wildman–Crippen LogP) is 5.63. The number of benzene rings is 2.